The van der Waals surface area contributed by atoms with Gasteiger partial charge in [-0.3, -0.25) is 0 Å². The molecule has 1 rings (SSSR count). The van der Waals surface area contributed by atoms with E-state index >= 15 is 0 Å². The van der Waals surface area contributed by atoms with E-state index in [2.05, 4.69) is 34.5 Å². The fourth-order valence-corrected chi connectivity index (χ4v) is 2.66. The van der Waals surface area contributed by atoms with Crippen LogP contribution in [0.15, 0.2) is 0 Å². The van der Waals surface area contributed by atoms with Crippen LogP contribution >= 0.6 is 15.9 Å². The molecule has 72 valence electrons. The lowest BCUT2D eigenvalue weighted by Crippen LogP contribution is -2.52. The van der Waals surface area contributed by atoms with Gasteiger partial charge in [0, 0.05) is 6.04 Å². The average molecular weight is 256 g/mol. The third-order valence-electron chi connectivity index (χ3n) is 2.49. The van der Waals surface area contributed by atoms with Gasteiger partial charge in [-0.1, -0.05) is 29.8 Å². The first-order valence-electron chi connectivity index (χ1n) is 3.93. The summed E-state index contributed by atoms with van der Waals surface area (Å²) in [7, 11) is -3.08. The molecule has 0 aromatic carbocycles. The van der Waals surface area contributed by atoms with Crippen molar-refractivity contribution in [3.63, 3.8) is 0 Å². The standard InChI is InChI=1S/C7H14BrNO2S/c1-7(2)4-3-6(7)9-12(10,11)5-8/h6,9H,3-5H2,1-2H3. The fourth-order valence-electron chi connectivity index (χ4n) is 1.33. The summed E-state index contributed by atoms with van der Waals surface area (Å²) in [5.74, 6) is 0. The second-order valence-corrected chi connectivity index (χ2v) is 6.98. The number of rotatable bonds is 3. The number of alkyl halides is 1. The molecule has 0 heterocycles. The van der Waals surface area contributed by atoms with Crippen LogP contribution in [-0.4, -0.2) is 19.1 Å². The van der Waals surface area contributed by atoms with E-state index in [9.17, 15) is 8.42 Å². The fraction of sp³-hybridized carbons (Fsp3) is 1.00. The summed E-state index contributed by atoms with van der Waals surface area (Å²) in [6, 6.07) is 0.125. The van der Waals surface area contributed by atoms with E-state index in [1.807, 2.05) is 0 Å². The minimum absolute atomic E-state index is 0.00736. The third kappa shape index (κ3) is 2.20. The van der Waals surface area contributed by atoms with Crippen LogP contribution in [0.1, 0.15) is 26.7 Å². The number of sulfonamides is 1. The van der Waals surface area contributed by atoms with Crippen LogP contribution in [0.3, 0.4) is 0 Å². The lowest BCUT2D eigenvalue weighted by Gasteiger charge is -2.44. The van der Waals surface area contributed by atoms with Crippen LogP contribution in [0.5, 0.6) is 0 Å². The highest BCUT2D eigenvalue weighted by atomic mass is 79.9. The molecular formula is C7H14BrNO2S. The molecule has 1 fully saturated rings. The molecule has 1 unspecified atom stereocenters. The van der Waals surface area contributed by atoms with Crippen molar-refractivity contribution in [1.82, 2.24) is 4.72 Å². The zero-order valence-electron chi connectivity index (χ0n) is 7.30. The van der Waals surface area contributed by atoms with Gasteiger partial charge < -0.3 is 0 Å². The van der Waals surface area contributed by atoms with E-state index in [0.717, 1.165) is 12.8 Å². The molecule has 1 N–H and O–H groups in total. The predicted molar refractivity (Wildman–Crippen MR) is 52.7 cm³/mol. The normalized spacial score (nSPS) is 28.1. The Bertz CT molecular complexity index is 261. The van der Waals surface area contributed by atoms with Crippen molar-refractivity contribution >= 4 is 26.0 Å². The van der Waals surface area contributed by atoms with Crippen molar-refractivity contribution in [2.75, 3.05) is 4.66 Å². The molecule has 0 spiro atoms. The predicted octanol–water partition coefficient (Wildman–Crippen LogP) is 1.45. The minimum atomic E-state index is -3.08. The topological polar surface area (TPSA) is 46.2 Å². The van der Waals surface area contributed by atoms with Gasteiger partial charge in [0.2, 0.25) is 10.0 Å². The van der Waals surface area contributed by atoms with Crippen molar-refractivity contribution in [3.05, 3.63) is 0 Å². The smallest absolute Gasteiger partial charge is 0.212 e. The third-order valence-corrected chi connectivity index (χ3v) is 5.23. The molecule has 12 heavy (non-hydrogen) atoms. The lowest BCUT2D eigenvalue weighted by atomic mass is 9.68. The SMILES string of the molecule is CC1(C)CCC1NS(=O)(=O)CBr. The van der Waals surface area contributed by atoms with E-state index in [1.165, 1.54) is 0 Å². The minimum Gasteiger partial charge on any atom is -0.212 e. The monoisotopic (exact) mass is 255 g/mol. The van der Waals surface area contributed by atoms with Gasteiger partial charge in [-0.05, 0) is 18.3 Å². The van der Waals surface area contributed by atoms with Crippen LogP contribution in [0.2, 0.25) is 0 Å². The molecule has 1 aliphatic rings. The van der Waals surface area contributed by atoms with Crippen molar-refractivity contribution in [2.45, 2.75) is 32.7 Å². The second kappa shape index (κ2) is 3.27. The highest BCUT2D eigenvalue weighted by molar-refractivity contribution is 9.10. The van der Waals surface area contributed by atoms with Crippen LogP contribution in [0, 0.1) is 5.41 Å². The molecule has 5 heteroatoms. The Labute approximate surface area is 82.1 Å². The van der Waals surface area contributed by atoms with Gasteiger partial charge in [-0.25, -0.2) is 13.1 Å². The molecule has 3 nitrogen and oxygen atoms in total. The van der Waals surface area contributed by atoms with E-state index in [0.29, 0.717) is 0 Å². The molecule has 0 radical (unpaired) electrons. The maximum Gasteiger partial charge on any atom is 0.221 e. The molecule has 0 saturated heterocycles. The van der Waals surface area contributed by atoms with Gasteiger partial charge >= 0.3 is 0 Å². The highest BCUT2D eigenvalue weighted by Gasteiger charge is 2.40. The Morgan fingerprint density at radius 1 is 1.58 bits per heavy atom. The molecule has 1 aliphatic carbocycles. The highest BCUT2D eigenvalue weighted by Crippen LogP contribution is 2.40. The molecule has 1 saturated carbocycles. The van der Waals surface area contributed by atoms with Gasteiger partial charge in [0.05, 0.1) is 0 Å². The van der Waals surface area contributed by atoms with Crippen LogP contribution in [0.4, 0.5) is 0 Å². The van der Waals surface area contributed by atoms with Crippen LogP contribution < -0.4 is 4.72 Å². The molecular weight excluding hydrogens is 242 g/mol. The summed E-state index contributed by atoms with van der Waals surface area (Å²) in [5.41, 5.74) is 0.134. The van der Waals surface area contributed by atoms with Gasteiger partial charge in [-0.15, -0.1) is 0 Å². The van der Waals surface area contributed by atoms with Gasteiger partial charge in [0.1, 0.15) is 4.66 Å². The number of halogens is 1. The largest absolute Gasteiger partial charge is 0.221 e. The zero-order chi connectivity index (χ0) is 9.41. The quantitative estimate of drug-likeness (QED) is 0.777. The van der Waals surface area contributed by atoms with Crippen molar-refractivity contribution in [3.8, 4) is 0 Å². The van der Waals surface area contributed by atoms with Gasteiger partial charge in [0.15, 0.2) is 0 Å². The van der Waals surface area contributed by atoms with Gasteiger partial charge in [0.25, 0.3) is 0 Å². The lowest BCUT2D eigenvalue weighted by molar-refractivity contribution is 0.129. The summed E-state index contributed by atoms with van der Waals surface area (Å²) in [4.78, 5) is 0. The van der Waals surface area contributed by atoms with E-state index in [4.69, 9.17) is 0 Å². The average Bonchev–Trinajstić information content (AvgIpc) is 1.99. The Hall–Kier alpha value is 0.390. The van der Waals surface area contributed by atoms with E-state index < -0.39 is 10.0 Å². The first kappa shape index (κ1) is 10.5. The molecule has 0 aromatic rings. The van der Waals surface area contributed by atoms with Crippen LogP contribution in [0.25, 0.3) is 0 Å². The Morgan fingerprint density at radius 3 is 2.42 bits per heavy atom. The van der Waals surface area contributed by atoms with Crippen molar-refractivity contribution < 1.29 is 8.42 Å². The summed E-state index contributed by atoms with van der Waals surface area (Å²) in [6.07, 6.45) is 2.06. The summed E-state index contributed by atoms with van der Waals surface area (Å²) in [5, 5.41) is 0. The van der Waals surface area contributed by atoms with E-state index in [-0.39, 0.29) is 16.1 Å². The van der Waals surface area contributed by atoms with Crippen LogP contribution in [-0.2, 0) is 10.0 Å². The molecule has 0 amide bonds. The number of nitrogens with one attached hydrogen (secondary N) is 1. The van der Waals surface area contributed by atoms with Crippen molar-refractivity contribution in [2.24, 2.45) is 5.41 Å². The molecule has 0 aliphatic heterocycles. The summed E-state index contributed by atoms with van der Waals surface area (Å²) < 4.78 is 24.9. The summed E-state index contributed by atoms with van der Waals surface area (Å²) in [6.45, 7) is 4.16. The Morgan fingerprint density at radius 2 is 2.17 bits per heavy atom. The Kier molecular flexibility index (Phi) is 2.85. The van der Waals surface area contributed by atoms with E-state index in [1.54, 1.807) is 0 Å². The molecule has 1 atom stereocenters. The zero-order valence-corrected chi connectivity index (χ0v) is 9.70. The number of hydrogen-bond acceptors (Lipinski definition) is 2. The molecule has 0 bridgehead atoms. The maximum atomic E-state index is 11.1. The number of hydrogen-bond donors (Lipinski definition) is 1. The second-order valence-electron chi connectivity index (χ2n) is 3.92. The first-order chi connectivity index (χ1) is 5.37. The van der Waals surface area contributed by atoms with Gasteiger partial charge in [-0.2, -0.15) is 0 Å². The van der Waals surface area contributed by atoms with Crippen molar-refractivity contribution in [1.29, 1.82) is 0 Å². The maximum absolute atomic E-state index is 11.1. The Balaban J connectivity index is 2.54. The first-order valence-corrected chi connectivity index (χ1v) is 6.71. The summed E-state index contributed by atoms with van der Waals surface area (Å²) >= 11 is 2.94. The molecule has 0 aromatic heterocycles.